The van der Waals surface area contributed by atoms with Crippen molar-refractivity contribution in [3.05, 3.63) is 243 Å². The summed E-state index contributed by atoms with van der Waals surface area (Å²) in [5.74, 6) is 1.87. The van der Waals surface area contributed by atoms with E-state index < -0.39 is 0 Å². The molecule has 0 fully saturated rings. The fourth-order valence-corrected chi connectivity index (χ4v) is 11.2. The Morgan fingerprint density at radius 1 is 0.279 bits per heavy atom. The van der Waals surface area contributed by atoms with Crippen LogP contribution < -0.4 is 0 Å². The average molecular weight is 885 g/mol. The van der Waals surface area contributed by atoms with Crippen LogP contribution in [0, 0.1) is 0 Å². The van der Waals surface area contributed by atoms with Gasteiger partial charge >= 0.3 is 0 Å². The Bertz CT molecular complexity index is 3940. The molecule has 13 rings (SSSR count). The molecule has 318 valence electrons. The van der Waals surface area contributed by atoms with Gasteiger partial charge in [-0.15, -0.1) is 11.3 Å². The highest BCUT2D eigenvalue weighted by Gasteiger charge is 2.23. The summed E-state index contributed by atoms with van der Waals surface area (Å²) in [5, 5.41) is 4.95. The molecule has 0 saturated heterocycles. The normalized spacial score (nSPS) is 11.5. The molecule has 0 N–H and O–H groups in total. The zero-order chi connectivity index (χ0) is 45.0. The third-order valence-corrected chi connectivity index (χ3v) is 14.3. The molecule has 0 aliphatic carbocycles. The summed E-state index contributed by atoms with van der Waals surface area (Å²) in [5.41, 5.74) is 15.4. The number of aromatic nitrogens is 4. The molecule has 0 radical (unpaired) electrons. The van der Waals surface area contributed by atoms with Gasteiger partial charge in [-0.25, -0.2) is 15.0 Å². The minimum atomic E-state index is 0.614. The fourth-order valence-electron chi connectivity index (χ4n) is 9.88. The van der Waals surface area contributed by atoms with Crippen molar-refractivity contribution in [1.29, 1.82) is 0 Å². The number of nitrogens with zero attached hydrogens (tertiary/aromatic N) is 4. The molecule has 13 aromatic rings. The SMILES string of the molecule is c1ccc(-c2nc(-c3ccccc3)nc(-c3cc(-c4ccc(-c5ccccc5)c(-c5ccccc5)c4)ccc3-c3cccc4c3sc3c4ccc4c5ccccc5n(-c5ccccc5)c43)n2)cc1. The van der Waals surface area contributed by atoms with Gasteiger partial charge in [-0.3, -0.25) is 0 Å². The van der Waals surface area contributed by atoms with Gasteiger partial charge in [0, 0.05) is 54.2 Å². The first-order valence-electron chi connectivity index (χ1n) is 22.9. The molecule has 3 aromatic heterocycles. The van der Waals surface area contributed by atoms with E-state index in [0.29, 0.717) is 17.5 Å². The maximum atomic E-state index is 5.35. The highest BCUT2D eigenvalue weighted by molar-refractivity contribution is 7.27. The molecule has 68 heavy (non-hydrogen) atoms. The molecule has 3 heterocycles. The highest BCUT2D eigenvalue weighted by atomic mass is 32.1. The number of para-hydroxylation sites is 2. The number of thiophene rings is 1. The van der Waals surface area contributed by atoms with Gasteiger partial charge in [0.25, 0.3) is 0 Å². The summed E-state index contributed by atoms with van der Waals surface area (Å²) >= 11 is 1.87. The van der Waals surface area contributed by atoms with Crippen LogP contribution >= 0.6 is 11.3 Å². The molecule has 0 spiro atoms. The molecule has 0 amide bonds. The van der Waals surface area contributed by atoms with Gasteiger partial charge in [-0.1, -0.05) is 212 Å². The zero-order valence-electron chi connectivity index (χ0n) is 36.8. The second-order valence-corrected chi connectivity index (χ2v) is 18.1. The predicted molar refractivity (Wildman–Crippen MR) is 285 cm³/mol. The number of fused-ring (bicyclic) bond motifs is 7. The minimum absolute atomic E-state index is 0.614. The minimum Gasteiger partial charge on any atom is -0.308 e. The Morgan fingerprint density at radius 3 is 1.41 bits per heavy atom. The van der Waals surface area contributed by atoms with Crippen molar-refractivity contribution < 1.29 is 0 Å². The molecule has 0 aliphatic rings. The summed E-state index contributed by atoms with van der Waals surface area (Å²) in [7, 11) is 0. The van der Waals surface area contributed by atoms with Crippen molar-refractivity contribution in [2.45, 2.75) is 0 Å². The number of hydrogen-bond acceptors (Lipinski definition) is 4. The largest absolute Gasteiger partial charge is 0.308 e. The number of rotatable bonds is 8. The topological polar surface area (TPSA) is 43.6 Å². The first-order valence-corrected chi connectivity index (χ1v) is 23.7. The van der Waals surface area contributed by atoms with Crippen molar-refractivity contribution in [2.75, 3.05) is 0 Å². The molecule has 0 aliphatic heterocycles. The van der Waals surface area contributed by atoms with Crippen molar-refractivity contribution in [2.24, 2.45) is 0 Å². The van der Waals surface area contributed by atoms with E-state index in [2.05, 4.69) is 211 Å². The maximum Gasteiger partial charge on any atom is 0.164 e. The number of benzene rings is 10. The number of hydrogen-bond donors (Lipinski definition) is 0. The third kappa shape index (κ3) is 6.79. The molecular weight excluding hydrogens is 845 g/mol. The van der Waals surface area contributed by atoms with E-state index in [9.17, 15) is 0 Å². The molecule has 0 atom stereocenters. The lowest BCUT2D eigenvalue weighted by Crippen LogP contribution is -2.01. The lowest BCUT2D eigenvalue weighted by molar-refractivity contribution is 1.07. The molecular formula is C63H40N4S. The van der Waals surface area contributed by atoms with Crippen molar-refractivity contribution >= 4 is 53.3 Å². The first-order chi connectivity index (χ1) is 33.7. The van der Waals surface area contributed by atoms with Crippen LogP contribution in [0.1, 0.15) is 0 Å². The van der Waals surface area contributed by atoms with E-state index in [1.807, 2.05) is 47.7 Å². The molecule has 10 aromatic carbocycles. The van der Waals surface area contributed by atoms with Crippen LogP contribution in [0.5, 0.6) is 0 Å². The predicted octanol–water partition coefficient (Wildman–Crippen LogP) is 17.0. The summed E-state index contributed by atoms with van der Waals surface area (Å²) in [6.45, 7) is 0. The zero-order valence-corrected chi connectivity index (χ0v) is 37.6. The van der Waals surface area contributed by atoms with E-state index in [4.69, 9.17) is 15.0 Å². The quantitative estimate of drug-likeness (QED) is 0.153. The Balaban J connectivity index is 1.08. The lowest BCUT2D eigenvalue weighted by Gasteiger charge is -2.16. The highest BCUT2D eigenvalue weighted by Crippen LogP contribution is 2.48. The average Bonchev–Trinajstić information content (AvgIpc) is 3.98. The monoisotopic (exact) mass is 884 g/mol. The van der Waals surface area contributed by atoms with Crippen LogP contribution in [0.25, 0.3) is 126 Å². The summed E-state index contributed by atoms with van der Waals surface area (Å²) < 4.78 is 4.91. The van der Waals surface area contributed by atoms with Crippen LogP contribution in [0.15, 0.2) is 243 Å². The third-order valence-electron chi connectivity index (χ3n) is 13.1. The van der Waals surface area contributed by atoms with E-state index >= 15 is 0 Å². The second-order valence-electron chi connectivity index (χ2n) is 17.1. The second kappa shape index (κ2) is 16.6. The Morgan fingerprint density at radius 2 is 0.765 bits per heavy atom. The van der Waals surface area contributed by atoms with Gasteiger partial charge in [-0.2, -0.15) is 0 Å². The van der Waals surface area contributed by atoms with Crippen molar-refractivity contribution in [3.63, 3.8) is 0 Å². The van der Waals surface area contributed by atoms with Crippen molar-refractivity contribution in [3.8, 4) is 84.4 Å². The first kappa shape index (κ1) is 39.6. The van der Waals surface area contributed by atoms with Crippen LogP contribution in [0.2, 0.25) is 0 Å². The Kier molecular flexibility index (Phi) is 9.66. The van der Waals surface area contributed by atoms with Gasteiger partial charge in [0.15, 0.2) is 17.5 Å². The van der Waals surface area contributed by atoms with Crippen LogP contribution in [0.3, 0.4) is 0 Å². The molecule has 0 bridgehead atoms. The molecule has 5 heteroatoms. The van der Waals surface area contributed by atoms with Crippen LogP contribution in [0.4, 0.5) is 0 Å². The lowest BCUT2D eigenvalue weighted by atomic mass is 9.89. The van der Waals surface area contributed by atoms with Gasteiger partial charge in [-0.05, 0) is 69.3 Å². The van der Waals surface area contributed by atoms with Crippen LogP contribution in [-0.4, -0.2) is 19.5 Å². The Hall–Kier alpha value is -8.77. The van der Waals surface area contributed by atoms with E-state index in [0.717, 1.165) is 44.6 Å². The standard InChI is InChI=1S/C63H40N4S/c1-6-19-41(20-7-1)48-35-33-45(39-55(48)42-21-8-2-9-22-42)46-34-36-49(56(40-46)63-65-61(43-23-10-3-11-24-43)64-62(66-63)44-25-12-4-13-26-44)52-30-18-31-53-54-38-37-51-50-29-16-17-32-57(50)67(47-27-14-5-15-28-47)58(51)60(54)68-59(52)53/h1-40H. The van der Waals surface area contributed by atoms with Gasteiger partial charge in [0.1, 0.15) is 0 Å². The summed E-state index contributed by atoms with van der Waals surface area (Å²) in [4.78, 5) is 15.8. The fraction of sp³-hybridized carbons (Fsp3) is 0. The molecule has 0 unspecified atom stereocenters. The van der Waals surface area contributed by atoms with E-state index in [1.54, 1.807) is 0 Å². The molecule has 4 nitrogen and oxygen atoms in total. The van der Waals surface area contributed by atoms with Crippen molar-refractivity contribution in [1.82, 2.24) is 19.5 Å². The van der Waals surface area contributed by atoms with E-state index in [1.165, 1.54) is 64.2 Å². The molecule has 0 saturated carbocycles. The van der Waals surface area contributed by atoms with Gasteiger partial charge in [0.05, 0.1) is 15.7 Å². The van der Waals surface area contributed by atoms with Gasteiger partial charge < -0.3 is 4.57 Å². The maximum absolute atomic E-state index is 5.35. The smallest absolute Gasteiger partial charge is 0.164 e. The van der Waals surface area contributed by atoms with E-state index in [-0.39, 0.29) is 0 Å². The Labute approximate surface area is 397 Å². The summed E-state index contributed by atoms with van der Waals surface area (Å²) in [6, 6.07) is 86.3. The summed E-state index contributed by atoms with van der Waals surface area (Å²) in [6.07, 6.45) is 0. The van der Waals surface area contributed by atoms with Crippen LogP contribution in [-0.2, 0) is 0 Å². The van der Waals surface area contributed by atoms with Gasteiger partial charge in [0.2, 0.25) is 0 Å².